The maximum atomic E-state index is 13.4. The normalized spacial score (nSPS) is 11.5. The number of oxazole rings is 1. The highest BCUT2D eigenvalue weighted by molar-refractivity contribution is 9.10. The number of aryl methyl sites for hydroxylation is 1. The molecule has 0 unspecified atom stereocenters. The van der Waals surface area contributed by atoms with Crippen LogP contribution in [-0.2, 0) is 16.4 Å². The van der Waals surface area contributed by atoms with Gasteiger partial charge >= 0.3 is 0 Å². The Morgan fingerprint density at radius 1 is 1.03 bits per heavy atom. The monoisotopic (exact) mass is 516 g/mol. The Balaban J connectivity index is 1.78. The second-order valence-corrected chi connectivity index (χ2v) is 10.1. The van der Waals surface area contributed by atoms with Crippen LogP contribution in [0.2, 0.25) is 5.02 Å². The van der Waals surface area contributed by atoms with E-state index in [1.54, 1.807) is 18.2 Å². The van der Waals surface area contributed by atoms with Crippen LogP contribution >= 0.6 is 27.5 Å². The van der Waals surface area contributed by atoms with Gasteiger partial charge in [0.25, 0.3) is 0 Å². The van der Waals surface area contributed by atoms with Gasteiger partial charge in [-0.15, -0.1) is 0 Å². The molecule has 158 valence electrons. The van der Waals surface area contributed by atoms with E-state index in [2.05, 4.69) is 26.2 Å². The minimum Gasteiger partial charge on any atom is -0.419 e. The van der Waals surface area contributed by atoms with Crippen molar-refractivity contribution in [1.29, 1.82) is 0 Å². The first-order valence-corrected chi connectivity index (χ1v) is 12.1. The van der Waals surface area contributed by atoms with E-state index in [0.717, 1.165) is 15.6 Å². The van der Waals surface area contributed by atoms with E-state index in [9.17, 15) is 8.42 Å². The average Bonchev–Trinajstić information content (AvgIpc) is 3.19. The van der Waals surface area contributed by atoms with Crippen LogP contribution in [0.4, 0.5) is 5.88 Å². The number of halogens is 2. The SMILES string of the molecule is Cc1cccc(-c2nc(S(=O)(=O)c3ccc(Br)cc3)c(NCc3ccccc3Cl)o2)c1. The van der Waals surface area contributed by atoms with Crippen molar-refractivity contribution >= 4 is 43.3 Å². The zero-order valence-corrected chi connectivity index (χ0v) is 19.6. The summed E-state index contributed by atoms with van der Waals surface area (Å²) in [7, 11) is -3.92. The van der Waals surface area contributed by atoms with Gasteiger partial charge in [-0.2, -0.15) is 4.98 Å². The first-order valence-electron chi connectivity index (χ1n) is 9.40. The van der Waals surface area contributed by atoms with Crippen molar-refractivity contribution in [3.8, 4) is 11.5 Å². The summed E-state index contributed by atoms with van der Waals surface area (Å²) < 4.78 is 33.4. The maximum absolute atomic E-state index is 13.4. The molecule has 0 aliphatic heterocycles. The Morgan fingerprint density at radius 3 is 2.48 bits per heavy atom. The van der Waals surface area contributed by atoms with Crippen molar-refractivity contribution < 1.29 is 12.8 Å². The van der Waals surface area contributed by atoms with E-state index in [1.165, 1.54) is 12.1 Å². The predicted octanol–water partition coefficient (Wildman–Crippen LogP) is 6.51. The molecule has 8 heteroatoms. The molecule has 3 aromatic carbocycles. The number of aromatic nitrogens is 1. The molecule has 0 fully saturated rings. The molecule has 31 heavy (non-hydrogen) atoms. The van der Waals surface area contributed by atoms with Crippen LogP contribution in [0.15, 0.2) is 91.6 Å². The first-order chi connectivity index (χ1) is 14.8. The number of benzene rings is 3. The Bertz CT molecular complexity index is 1340. The summed E-state index contributed by atoms with van der Waals surface area (Å²) in [6, 6.07) is 21.3. The lowest BCUT2D eigenvalue weighted by Gasteiger charge is -2.07. The van der Waals surface area contributed by atoms with Crippen LogP contribution in [-0.4, -0.2) is 13.4 Å². The highest BCUT2D eigenvalue weighted by Gasteiger charge is 2.28. The summed E-state index contributed by atoms with van der Waals surface area (Å²) in [6.45, 7) is 2.23. The van der Waals surface area contributed by atoms with Gasteiger partial charge in [0, 0.05) is 21.6 Å². The zero-order valence-electron chi connectivity index (χ0n) is 16.5. The summed E-state index contributed by atoms with van der Waals surface area (Å²) in [5.74, 6) is 0.292. The molecule has 0 aliphatic rings. The lowest BCUT2D eigenvalue weighted by Crippen LogP contribution is -2.07. The van der Waals surface area contributed by atoms with Crippen molar-refractivity contribution in [2.45, 2.75) is 23.4 Å². The molecule has 0 bridgehead atoms. The number of rotatable bonds is 6. The highest BCUT2D eigenvalue weighted by atomic mass is 79.9. The van der Waals surface area contributed by atoms with Gasteiger partial charge in [0.15, 0.2) is 0 Å². The Morgan fingerprint density at radius 2 is 1.77 bits per heavy atom. The predicted molar refractivity (Wildman–Crippen MR) is 125 cm³/mol. The van der Waals surface area contributed by atoms with Gasteiger partial charge in [0.2, 0.25) is 26.6 Å². The number of nitrogens with one attached hydrogen (secondary N) is 1. The van der Waals surface area contributed by atoms with Crippen molar-refractivity contribution in [3.05, 3.63) is 93.4 Å². The third kappa shape index (κ3) is 4.69. The summed E-state index contributed by atoms with van der Waals surface area (Å²) in [4.78, 5) is 4.49. The van der Waals surface area contributed by atoms with Crippen LogP contribution in [0.1, 0.15) is 11.1 Å². The van der Waals surface area contributed by atoms with Gasteiger partial charge in [-0.3, -0.25) is 0 Å². The molecule has 5 nitrogen and oxygen atoms in total. The Kier molecular flexibility index (Phi) is 6.18. The smallest absolute Gasteiger partial charge is 0.234 e. The molecule has 1 heterocycles. The fraction of sp³-hybridized carbons (Fsp3) is 0.0870. The average molecular weight is 518 g/mol. The van der Waals surface area contributed by atoms with E-state index < -0.39 is 9.84 Å². The molecule has 1 N–H and O–H groups in total. The zero-order chi connectivity index (χ0) is 22.0. The number of hydrogen-bond acceptors (Lipinski definition) is 5. The van der Waals surface area contributed by atoms with Gasteiger partial charge in [0.1, 0.15) is 0 Å². The Hall–Kier alpha value is -2.61. The largest absolute Gasteiger partial charge is 0.419 e. The molecule has 0 spiro atoms. The van der Waals surface area contributed by atoms with Crippen molar-refractivity contribution in [2.75, 3.05) is 5.32 Å². The van der Waals surface area contributed by atoms with Gasteiger partial charge in [-0.1, -0.05) is 63.4 Å². The molecule has 0 amide bonds. The second-order valence-electron chi connectivity index (χ2n) is 6.93. The van der Waals surface area contributed by atoms with Gasteiger partial charge < -0.3 is 9.73 Å². The lowest BCUT2D eigenvalue weighted by molar-refractivity contribution is 0.576. The molecule has 1 aromatic heterocycles. The number of sulfone groups is 1. The van der Waals surface area contributed by atoms with Gasteiger partial charge in [-0.05, 0) is 55.0 Å². The quantitative estimate of drug-likeness (QED) is 0.316. The molecule has 4 rings (SSSR count). The van der Waals surface area contributed by atoms with Crippen LogP contribution in [0.3, 0.4) is 0 Å². The molecule has 0 radical (unpaired) electrons. The lowest BCUT2D eigenvalue weighted by atomic mass is 10.1. The van der Waals surface area contributed by atoms with E-state index >= 15 is 0 Å². The standard InChI is InChI=1S/C23H18BrClN2O3S/c1-15-5-4-7-16(13-15)21-27-23(31(28,29)19-11-9-18(24)10-12-19)22(30-21)26-14-17-6-2-3-8-20(17)25/h2-13,26H,14H2,1H3. The minimum atomic E-state index is -3.92. The first kappa shape index (κ1) is 21.6. The number of hydrogen-bond donors (Lipinski definition) is 1. The molecule has 0 aliphatic carbocycles. The summed E-state index contributed by atoms with van der Waals surface area (Å²) >= 11 is 9.57. The molecule has 4 aromatic rings. The second kappa shape index (κ2) is 8.86. The minimum absolute atomic E-state index is 0.0688. The molecule has 0 saturated heterocycles. The van der Waals surface area contributed by atoms with Crippen LogP contribution in [0.25, 0.3) is 11.5 Å². The van der Waals surface area contributed by atoms with E-state index in [4.69, 9.17) is 16.0 Å². The van der Waals surface area contributed by atoms with Crippen LogP contribution in [0.5, 0.6) is 0 Å². The van der Waals surface area contributed by atoms with Gasteiger partial charge in [0.05, 0.1) is 4.90 Å². The van der Waals surface area contributed by atoms with Crippen LogP contribution in [0, 0.1) is 6.92 Å². The van der Waals surface area contributed by atoms with E-state index in [0.29, 0.717) is 10.6 Å². The van der Waals surface area contributed by atoms with Crippen LogP contribution < -0.4 is 5.32 Å². The third-order valence-corrected chi connectivity index (χ3v) is 7.21. The fourth-order valence-electron chi connectivity index (χ4n) is 3.04. The van der Waals surface area contributed by atoms with Crippen molar-refractivity contribution in [1.82, 2.24) is 4.98 Å². The topological polar surface area (TPSA) is 72.2 Å². The molecular weight excluding hydrogens is 500 g/mol. The van der Waals surface area contributed by atoms with Gasteiger partial charge in [-0.25, -0.2) is 8.42 Å². The molecule has 0 atom stereocenters. The fourth-order valence-corrected chi connectivity index (χ4v) is 4.79. The van der Waals surface area contributed by atoms with Crippen molar-refractivity contribution in [3.63, 3.8) is 0 Å². The number of nitrogens with zero attached hydrogens (tertiary/aromatic N) is 1. The number of anilines is 1. The summed E-state index contributed by atoms with van der Waals surface area (Å²) in [6.07, 6.45) is 0. The van der Waals surface area contributed by atoms with E-state index in [-0.39, 0.29) is 28.2 Å². The molecule has 0 saturated carbocycles. The van der Waals surface area contributed by atoms with Crippen molar-refractivity contribution in [2.24, 2.45) is 0 Å². The summed E-state index contributed by atoms with van der Waals surface area (Å²) in [5, 5.41) is 3.47. The highest BCUT2D eigenvalue weighted by Crippen LogP contribution is 2.33. The maximum Gasteiger partial charge on any atom is 0.234 e. The Labute approximate surface area is 194 Å². The van der Waals surface area contributed by atoms with E-state index in [1.807, 2.05) is 49.4 Å². The molecular formula is C23H18BrClN2O3S. The third-order valence-electron chi connectivity index (χ3n) is 4.64. The summed E-state index contributed by atoms with van der Waals surface area (Å²) in [5.41, 5.74) is 2.52.